The molecular formula is C13H21NO2. The zero-order valence-electron chi connectivity index (χ0n) is 10.4. The van der Waals surface area contributed by atoms with E-state index in [-0.39, 0.29) is 0 Å². The summed E-state index contributed by atoms with van der Waals surface area (Å²) in [4.78, 5) is 0. The van der Waals surface area contributed by atoms with Crippen molar-refractivity contribution in [2.45, 2.75) is 26.8 Å². The number of phenolic OH excluding ortho intramolecular Hbond substituents is 1. The van der Waals surface area contributed by atoms with Crippen LogP contribution in [0.3, 0.4) is 0 Å². The monoisotopic (exact) mass is 223 g/mol. The predicted octanol–water partition coefficient (Wildman–Crippen LogP) is 2.32. The molecule has 0 aromatic heterocycles. The van der Waals surface area contributed by atoms with Gasteiger partial charge in [0.15, 0.2) is 0 Å². The Labute approximate surface area is 97.4 Å². The summed E-state index contributed by atoms with van der Waals surface area (Å²) in [5, 5.41) is 12.6. The Morgan fingerprint density at radius 1 is 1.38 bits per heavy atom. The Bertz CT molecular complexity index is 337. The highest BCUT2D eigenvalue weighted by molar-refractivity contribution is 5.38. The van der Waals surface area contributed by atoms with Crippen LogP contribution in [0.25, 0.3) is 0 Å². The molecule has 0 aliphatic carbocycles. The third-order valence-corrected chi connectivity index (χ3v) is 2.77. The van der Waals surface area contributed by atoms with Gasteiger partial charge in [0.05, 0.1) is 0 Å². The summed E-state index contributed by atoms with van der Waals surface area (Å²) in [5.41, 5.74) is 0.836. The second-order valence-corrected chi connectivity index (χ2v) is 4.40. The van der Waals surface area contributed by atoms with E-state index in [0.717, 1.165) is 11.3 Å². The SMILES string of the molecule is CNC(COc1ccc(O)c(C)c1)C(C)C. The number of benzene rings is 1. The Morgan fingerprint density at radius 3 is 2.56 bits per heavy atom. The van der Waals surface area contributed by atoms with Crippen LogP contribution >= 0.6 is 0 Å². The van der Waals surface area contributed by atoms with Crippen molar-refractivity contribution in [1.82, 2.24) is 5.32 Å². The van der Waals surface area contributed by atoms with Crippen molar-refractivity contribution < 1.29 is 9.84 Å². The number of aromatic hydroxyl groups is 1. The molecule has 0 saturated heterocycles. The van der Waals surface area contributed by atoms with Crippen LogP contribution in [0.15, 0.2) is 18.2 Å². The first-order valence-electron chi connectivity index (χ1n) is 5.64. The fourth-order valence-electron chi connectivity index (χ4n) is 1.51. The number of nitrogens with one attached hydrogen (secondary N) is 1. The lowest BCUT2D eigenvalue weighted by Gasteiger charge is -2.20. The lowest BCUT2D eigenvalue weighted by Crippen LogP contribution is -2.36. The van der Waals surface area contributed by atoms with Gasteiger partial charge in [-0.25, -0.2) is 0 Å². The minimum atomic E-state index is 0.307. The lowest BCUT2D eigenvalue weighted by atomic mass is 10.1. The smallest absolute Gasteiger partial charge is 0.119 e. The normalized spacial score (nSPS) is 12.8. The molecule has 0 aliphatic heterocycles. The Balaban J connectivity index is 2.57. The fourth-order valence-corrected chi connectivity index (χ4v) is 1.51. The molecule has 3 heteroatoms. The van der Waals surface area contributed by atoms with Gasteiger partial charge in [0.2, 0.25) is 0 Å². The first-order valence-corrected chi connectivity index (χ1v) is 5.64. The second kappa shape index (κ2) is 5.75. The highest BCUT2D eigenvalue weighted by Crippen LogP contribution is 2.22. The van der Waals surface area contributed by atoms with Gasteiger partial charge in [-0.1, -0.05) is 13.8 Å². The van der Waals surface area contributed by atoms with Gasteiger partial charge < -0.3 is 15.2 Å². The largest absolute Gasteiger partial charge is 0.508 e. The fraction of sp³-hybridized carbons (Fsp3) is 0.538. The van der Waals surface area contributed by atoms with Crippen molar-refractivity contribution in [1.29, 1.82) is 0 Å². The highest BCUT2D eigenvalue weighted by Gasteiger charge is 2.11. The van der Waals surface area contributed by atoms with E-state index < -0.39 is 0 Å². The molecular weight excluding hydrogens is 202 g/mol. The first kappa shape index (κ1) is 12.8. The Hall–Kier alpha value is -1.22. The maximum absolute atomic E-state index is 9.39. The Kier molecular flexibility index (Phi) is 4.62. The molecule has 1 rings (SSSR count). The van der Waals surface area contributed by atoms with E-state index in [1.807, 2.05) is 20.0 Å². The van der Waals surface area contributed by atoms with E-state index in [4.69, 9.17) is 4.74 Å². The molecule has 0 fully saturated rings. The van der Waals surface area contributed by atoms with Gasteiger partial charge >= 0.3 is 0 Å². The summed E-state index contributed by atoms with van der Waals surface area (Å²) in [7, 11) is 1.94. The molecule has 3 nitrogen and oxygen atoms in total. The number of rotatable bonds is 5. The van der Waals surface area contributed by atoms with E-state index in [9.17, 15) is 5.11 Å². The summed E-state index contributed by atoms with van der Waals surface area (Å²) in [5.74, 6) is 1.64. The van der Waals surface area contributed by atoms with Gasteiger partial charge in [-0.3, -0.25) is 0 Å². The maximum atomic E-state index is 9.39. The van der Waals surface area contributed by atoms with Crippen molar-refractivity contribution in [2.75, 3.05) is 13.7 Å². The molecule has 1 aromatic carbocycles. The van der Waals surface area contributed by atoms with Crippen molar-refractivity contribution >= 4 is 0 Å². The van der Waals surface area contributed by atoms with Crippen LogP contribution in [0.5, 0.6) is 11.5 Å². The number of hydrogen-bond donors (Lipinski definition) is 2. The predicted molar refractivity (Wildman–Crippen MR) is 66.0 cm³/mol. The molecule has 16 heavy (non-hydrogen) atoms. The molecule has 0 bridgehead atoms. The van der Waals surface area contributed by atoms with Crippen molar-refractivity contribution in [3.63, 3.8) is 0 Å². The number of ether oxygens (including phenoxy) is 1. The molecule has 0 heterocycles. The van der Waals surface area contributed by atoms with Crippen molar-refractivity contribution in [2.24, 2.45) is 5.92 Å². The lowest BCUT2D eigenvalue weighted by molar-refractivity contribution is 0.237. The summed E-state index contributed by atoms with van der Waals surface area (Å²) in [6, 6.07) is 5.64. The quantitative estimate of drug-likeness (QED) is 0.805. The summed E-state index contributed by atoms with van der Waals surface area (Å²) in [6.45, 7) is 6.82. The van der Waals surface area contributed by atoms with Crippen LogP contribution < -0.4 is 10.1 Å². The number of likely N-dealkylation sites (N-methyl/N-ethyl adjacent to an activating group) is 1. The molecule has 0 aliphatic rings. The molecule has 0 saturated carbocycles. The molecule has 90 valence electrons. The van der Waals surface area contributed by atoms with Crippen molar-refractivity contribution in [3.05, 3.63) is 23.8 Å². The van der Waals surface area contributed by atoms with Gasteiger partial charge in [-0.05, 0) is 43.7 Å². The van der Waals surface area contributed by atoms with Crippen LogP contribution in [0.4, 0.5) is 0 Å². The molecule has 0 amide bonds. The average Bonchev–Trinajstić information content (AvgIpc) is 2.23. The molecule has 1 atom stereocenters. The zero-order valence-corrected chi connectivity index (χ0v) is 10.4. The molecule has 0 spiro atoms. The average molecular weight is 223 g/mol. The van der Waals surface area contributed by atoms with Crippen molar-refractivity contribution in [3.8, 4) is 11.5 Å². The van der Waals surface area contributed by atoms with Crippen LogP contribution in [-0.4, -0.2) is 24.8 Å². The van der Waals surface area contributed by atoms with E-state index in [2.05, 4.69) is 19.2 Å². The maximum Gasteiger partial charge on any atom is 0.119 e. The van der Waals surface area contributed by atoms with Gasteiger partial charge in [0.25, 0.3) is 0 Å². The second-order valence-electron chi connectivity index (χ2n) is 4.40. The van der Waals surface area contributed by atoms with E-state index in [1.54, 1.807) is 12.1 Å². The molecule has 0 radical (unpaired) electrons. The van der Waals surface area contributed by atoms with Gasteiger partial charge in [-0.2, -0.15) is 0 Å². The van der Waals surface area contributed by atoms with Crippen LogP contribution in [0.1, 0.15) is 19.4 Å². The number of hydrogen-bond acceptors (Lipinski definition) is 3. The summed E-state index contributed by atoms with van der Waals surface area (Å²) >= 11 is 0. The van der Waals surface area contributed by atoms with E-state index in [1.165, 1.54) is 0 Å². The Morgan fingerprint density at radius 2 is 2.06 bits per heavy atom. The van der Waals surface area contributed by atoms with Gasteiger partial charge in [0, 0.05) is 6.04 Å². The topological polar surface area (TPSA) is 41.5 Å². The number of aryl methyl sites for hydroxylation is 1. The zero-order chi connectivity index (χ0) is 12.1. The van der Waals surface area contributed by atoms with Crippen LogP contribution in [0, 0.1) is 12.8 Å². The van der Waals surface area contributed by atoms with Gasteiger partial charge in [-0.15, -0.1) is 0 Å². The molecule has 1 aromatic rings. The molecule has 2 N–H and O–H groups in total. The third-order valence-electron chi connectivity index (χ3n) is 2.77. The number of phenols is 1. The minimum absolute atomic E-state index is 0.307. The standard InChI is InChI=1S/C13H21NO2/c1-9(2)12(14-4)8-16-11-5-6-13(15)10(3)7-11/h5-7,9,12,14-15H,8H2,1-4H3. The summed E-state index contributed by atoms with van der Waals surface area (Å²) < 4.78 is 5.68. The first-order chi connectivity index (χ1) is 7.54. The van der Waals surface area contributed by atoms with E-state index in [0.29, 0.717) is 24.3 Å². The van der Waals surface area contributed by atoms with Gasteiger partial charge in [0.1, 0.15) is 18.1 Å². The minimum Gasteiger partial charge on any atom is -0.508 e. The van der Waals surface area contributed by atoms with Crippen LogP contribution in [-0.2, 0) is 0 Å². The third kappa shape index (κ3) is 3.42. The van der Waals surface area contributed by atoms with Crippen LogP contribution in [0.2, 0.25) is 0 Å². The highest BCUT2D eigenvalue weighted by atomic mass is 16.5. The van der Waals surface area contributed by atoms with E-state index >= 15 is 0 Å². The molecule has 1 unspecified atom stereocenters. The summed E-state index contributed by atoms with van der Waals surface area (Å²) in [6.07, 6.45) is 0.